The molecular formula is C19H12O2. The first kappa shape index (κ1) is 12.0. The molecule has 0 atom stereocenters. The van der Waals surface area contributed by atoms with Crippen molar-refractivity contribution in [1.29, 1.82) is 0 Å². The molecule has 0 fully saturated rings. The largest absolute Gasteiger partial charge is 0.286 e. The van der Waals surface area contributed by atoms with E-state index in [-0.39, 0.29) is 0 Å². The van der Waals surface area contributed by atoms with E-state index in [4.69, 9.17) is 0 Å². The number of rotatable bonds is 0. The Morgan fingerprint density at radius 1 is 0.857 bits per heavy atom. The number of aryl methyl sites for hydroxylation is 1. The highest BCUT2D eigenvalue weighted by Gasteiger charge is 2.23. The highest BCUT2D eigenvalue weighted by atomic mass is 16.2. The molecule has 0 radical (unpaired) electrons. The zero-order valence-corrected chi connectivity index (χ0v) is 11.5. The van der Waals surface area contributed by atoms with Crippen LogP contribution in [-0.2, 0) is 4.79 Å². The molecule has 0 aliphatic heterocycles. The molecule has 0 N–H and O–H groups in total. The van der Waals surface area contributed by atoms with E-state index in [0.717, 1.165) is 21.9 Å². The van der Waals surface area contributed by atoms with Gasteiger partial charge in [0.25, 0.3) is 0 Å². The van der Waals surface area contributed by atoms with Crippen LogP contribution in [0.15, 0.2) is 48.5 Å². The van der Waals surface area contributed by atoms with Gasteiger partial charge in [-0.05, 0) is 63.9 Å². The van der Waals surface area contributed by atoms with Crippen LogP contribution >= 0.6 is 0 Å². The summed E-state index contributed by atoms with van der Waals surface area (Å²) in [6.45, 7) is 2.07. The molecule has 21 heavy (non-hydrogen) atoms. The van der Waals surface area contributed by atoms with Crippen molar-refractivity contribution >= 4 is 39.2 Å². The van der Waals surface area contributed by atoms with Crippen molar-refractivity contribution in [2.45, 2.75) is 6.92 Å². The lowest BCUT2D eigenvalue weighted by Crippen LogP contribution is -2.16. The molecule has 0 saturated carbocycles. The van der Waals surface area contributed by atoms with Gasteiger partial charge in [0.05, 0.1) is 0 Å². The molecule has 0 aromatic heterocycles. The van der Waals surface area contributed by atoms with E-state index in [2.05, 4.69) is 25.1 Å². The fourth-order valence-electron chi connectivity index (χ4n) is 3.18. The van der Waals surface area contributed by atoms with Crippen LogP contribution in [0.25, 0.3) is 27.6 Å². The number of carbonyl (C=O) groups is 2. The highest BCUT2D eigenvalue weighted by Crippen LogP contribution is 2.34. The molecule has 0 spiro atoms. The molecule has 0 amide bonds. The summed E-state index contributed by atoms with van der Waals surface area (Å²) in [5.74, 6) is -0.859. The zero-order valence-electron chi connectivity index (χ0n) is 11.5. The first-order valence-corrected chi connectivity index (χ1v) is 6.88. The van der Waals surface area contributed by atoms with Crippen LogP contribution in [-0.4, -0.2) is 11.6 Å². The maximum absolute atomic E-state index is 12.0. The molecule has 1 aliphatic rings. The molecular weight excluding hydrogens is 260 g/mol. The smallest absolute Gasteiger partial charge is 0.233 e. The molecule has 2 nitrogen and oxygen atoms in total. The van der Waals surface area contributed by atoms with Gasteiger partial charge in [0.2, 0.25) is 11.6 Å². The standard InChI is InChI=1S/C19H12O2/c1-11-14-5-3-2-4-12(14)10-13-6-7-16-15(18(11)13)8-9-17(20)19(16)21/h2-10H,1H3. The van der Waals surface area contributed by atoms with E-state index in [9.17, 15) is 9.59 Å². The molecule has 3 aromatic carbocycles. The van der Waals surface area contributed by atoms with Crippen LogP contribution in [0.2, 0.25) is 0 Å². The molecule has 1 aliphatic carbocycles. The van der Waals surface area contributed by atoms with Crippen molar-refractivity contribution < 1.29 is 9.59 Å². The van der Waals surface area contributed by atoms with E-state index in [0.29, 0.717) is 5.56 Å². The minimum atomic E-state index is -0.444. The lowest BCUT2D eigenvalue weighted by molar-refractivity contribution is -0.110. The molecule has 0 bridgehead atoms. The van der Waals surface area contributed by atoms with Crippen LogP contribution in [0.3, 0.4) is 0 Å². The van der Waals surface area contributed by atoms with E-state index in [1.165, 1.54) is 16.8 Å². The Hall–Kier alpha value is -2.74. The van der Waals surface area contributed by atoms with Crippen LogP contribution in [0, 0.1) is 6.92 Å². The third-order valence-electron chi connectivity index (χ3n) is 4.20. The number of benzene rings is 3. The number of hydrogen-bond donors (Lipinski definition) is 0. The van der Waals surface area contributed by atoms with Crippen LogP contribution in [0.4, 0.5) is 0 Å². The maximum atomic E-state index is 12.0. The summed E-state index contributed by atoms with van der Waals surface area (Å²) in [5, 5.41) is 4.51. The second kappa shape index (κ2) is 4.13. The second-order valence-corrected chi connectivity index (χ2v) is 5.37. The Bertz CT molecular complexity index is 978. The third-order valence-corrected chi connectivity index (χ3v) is 4.20. The first-order valence-electron chi connectivity index (χ1n) is 6.88. The topological polar surface area (TPSA) is 34.1 Å². The molecule has 0 saturated heterocycles. The second-order valence-electron chi connectivity index (χ2n) is 5.37. The van der Waals surface area contributed by atoms with Crippen LogP contribution in [0.1, 0.15) is 21.5 Å². The van der Waals surface area contributed by atoms with Gasteiger partial charge in [0, 0.05) is 5.56 Å². The number of Topliss-reactive ketones (excluding diaryl/α,β-unsaturated/α-hetero) is 1. The van der Waals surface area contributed by atoms with E-state index in [1.807, 2.05) is 18.2 Å². The summed E-state index contributed by atoms with van der Waals surface area (Å²) in [7, 11) is 0. The monoisotopic (exact) mass is 272 g/mol. The Labute approximate surface area is 121 Å². The van der Waals surface area contributed by atoms with Gasteiger partial charge in [0.1, 0.15) is 0 Å². The Morgan fingerprint density at radius 3 is 2.52 bits per heavy atom. The average Bonchev–Trinajstić information content (AvgIpc) is 2.51. The quantitative estimate of drug-likeness (QED) is 0.456. The highest BCUT2D eigenvalue weighted by molar-refractivity contribution is 6.50. The summed E-state index contributed by atoms with van der Waals surface area (Å²) in [4.78, 5) is 23.6. The van der Waals surface area contributed by atoms with Crippen LogP contribution < -0.4 is 0 Å². The Kier molecular flexibility index (Phi) is 2.36. The normalized spacial score (nSPS) is 14.0. The van der Waals surface area contributed by atoms with Gasteiger partial charge in [-0.25, -0.2) is 0 Å². The fourth-order valence-corrected chi connectivity index (χ4v) is 3.18. The van der Waals surface area contributed by atoms with Crippen molar-refractivity contribution in [2.75, 3.05) is 0 Å². The first-order chi connectivity index (χ1) is 10.2. The van der Waals surface area contributed by atoms with Gasteiger partial charge >= 0.3 is 0 Å². The lowest BCUT2D eigenvalue weighted by Gasteiger charge is -2.15. The molecule has 3 aromatic rings. The predicted octanol–water partition coefficient (Wildman–Crippen LogP) is 4.08. The summed E-state index contributed by atoms with van der Waals surface area (Å²) in [6, 6.07) is 14.0. The zero-order chi connectivity index (χ0) is 14.6. The van der Waals surface area contributed by atoms with Gasteiger partial charge in [-0.3, -0.25) is 9.59 Å². The molecule has 0 unspecified atom stereocenters. The van der Waals surface area contributed by atoms with Crippen molar-refractivity contribution in [3.05, 3.63) is 65.2 Å². The Balaban J connectivity index is 2.21. The minimum absolute atomic E-state index is 0.415. The van der Waals surface area contributed by atoms with Gasteiger partial charge in [-0.1, -0.05) is 30.3 Å². The molecule has 100 valence electrons. The van der Waals surface area contributed by atoms with Gasteiger partial charge in [-0.2, -0.15) is 0 Å². The van der Waals surface area contributed by atoms with E-state index < -0.39 is 11.6 Å². The van der Waals surface area contributed by atoms with Crippen LogP contribution in [0.5, 0.6) is 0 Å². The van der Waals surface area contributed by atoms with E-state index >= 15 is 0 Å². The van der Waals surface area contributed by atoms with Gasteiger partial charge < -0.3 is 0 Å². The fraction of sp³-hybridized carbons (Fsp3) is 0.0526. The molecule has 2 heteroatoms. The van der Waals surface area contributed by atoms with Crippen molar-refractivity contribution in [3.63, 3.8) is 0 Å². The number of carbonyl (C=O) groups excluding carboxylic acids is 2. The predicted molar refractivity (Wildman–Crippen MR) is 84.6 cm³/mol. The molecule has 0 heterocycles. The number of hydrogen-bond acceptors (Lipinski definition) is 2. The number of fused-ring (bicyclic) bond motifs is 4. The number of allylic oxidation sites excluding steroid dienone is 1. The van der Waals surface area contributed by atoms with Crippen molar-refractivity contribution in [3.8, 4) is 0 Å². The maximum Gasteiger partial charge on any atom is 0.233 e. The summed E-state index contributed by atoms with van der Waals surface area (Å²) in [5.41, 5.74) is 2.51. The summed E-state index contributed by atoms with van der Waals surface area (Å²) < 4.78 is 0. The summed E-state index contributed by atoms with van der Waals surface area (Å²) in [6.07, 6.45) is 3.14. The number of ketones is 2. The SMILES string of the molecule is Cc1c2ccccc2cc2ccc3c(c12)C=CC(=O)C3=O. The van der Waals surface area contributed by atoms with Crippen molar-refractivity contribution in [1.82, 2.24) is 0 Å². The molecule has 4 rings (SSSR count). The van der Waals surface area contributed by atoms with Gasteiger partial charge in [-0.15, -0.1) is 0 Å². The summed E-state index contributed by atoms with van der Waals surface area (Å²) >= 11 is 0. The third kappa shape index (κ3) is 1.59. The minimum Gasteiger partial charge on any atom is -0.286 e. The van der Waals surface area contributed by atoms with E-state index in [1.54, 1.807) is 12.1 Å². The Morgan fingerprint density at radius 2 is 1.67 bits per heavy atom. The van der Waals surface area contributed by atoms with Crippen molar-refractivity contribution in [2.24, 2.45) is 0 Å². The lowest BCUT2D eigenvalue weighted by atomic mass is 9.87. The average molecular weight is 272 g/mol. The van der Waals surface area contributed by atoms with Gasteiger partial charge in [0.15, 0.2) is 0 Å².